The third-order valence-electron chi connectivity index (χ3n) is 6.85. The monoisotopic (exact) mass is 412 g/mol. The summed E-state index contributed by atoms with van der Waals surface area (Å²) in [7, 11) is 0. The fraction of sp³-hybridized carbons (Fsp3) is 0.565. The summed E-state index contributed by atoms with van der Waals surface area (Å²) in [5.41, 5.74) is 2.04. The van der Waals surface area contributed by atoms with Crippen molar-refractivity contribution < 1.29 is 23.9 Å². The van der Waals surface area contributed by atoms with Gasteiger partial charge in [-0.15, -0.1) is 0 Å². The molecule has 1 N–H and O–H groups in total. The van der Waals surface area contributed by atoms with E-state index >= 15 is 0 Å². The SMILES string of the molecule is C[C@H](OC(=O)CN1C(=O)N[C@@]2(CCCC[C@H]2C)C1=O)C(=O)c1ccc2c(c1)CCC2. The van der Waals surface area contributed by atoms with E-state index in [4.69, 9.17) is 4.74 Å². The number of nitrogens with one attached hydrogen (secondary N) is 1. The summed E-state index contributed by atoms with van der Waals surface area (Å²) in [4.78, 5) is 51.4. The lowest BCUT2D eigenvalue weighted by molar-refractivity contribution is -0.150. The number of hydrogen-bond donors (Lipinski definition) is 1. The number of rotatable bonds is 5. The Hall–Kier alpha value is -2.70. The summed E-state index contributed by atoms with van der Waals surface area (Å²) >= 11 is 0. The zero-order valence-electron chi connectivity index (χ0n) is 17.5. The zero-order valence-corrected chi connectivity index (χ0v) is 17.5. The molecule has 0 bridgehead atoms. The number of amides is 3. The number of nitrogens with zero attached hydrogens (tertiary/aromatic N) is 1. The van der Waals surface area contributed by atoms with Crippen molar-refractivity contribution in [1.29, 1.82) is 0 Å². The molecule has 3 aliphatic rings. The molecule has 1 aromatic rings. The smallest absolute Gasteiger partial charge is 0.326 e. The minimum Gasteiger partial charge on any atom is -0.453 e. The van der Waals surface area contributed by atoms with Gasteiger partial charge in [-0.25, -0.2) is 4.79 Å². The van der Waals surface area contributed by atoms with Crippen LogP contribution in [-0.4, -0.2) is 46.8 Å². The summed E-state index contributed by atoms with van der Waals surface area (Å²) in [6.07, 6.45) is 5.41. The standard InChI is InChI=1S/C23H28N2O5/c1-14-6-3-4-11-23(14)21(28)25(22(29)24-23)13-19(26)30-15(2)20(27)18-10-9-16-7-5-8-17(16)12-18/h9-10,12,14-15H,3-8,11,13H2,1-2H3,(H,24,29)/t14-,15+,23-/m1/s1. The van der Waals surface area contributed by atoms with E-state index in [1.807, 2.05) is 19.1 Å². The molecule has 0 unspecified atom stereocenters. The van der Waals surface area contributed by atoms with Crippen LogP contribution in [0.25, 0.3) is 0 Å². The normalized spacial score (nSPS) is 26.5. The van der Waals surface area contributed by atoms with Crippen molar-refractivity contribution in [3.63, 3.8) is 0 Å². The average Bonchev–Trinajstić information content (AvgIpc) is 3.28. The van der Waals surface area contributed by atoms with Gasteiger partial charge in [-0.3, -0.25) is 19.3 Å². The highest BCUT2D eigenvalue weighted by Gasteiger charge is 2.55. The van der Waals surface area contributed by atoms with Crippen molar-refractivity contribution in [3.8, 4) is 0 Å². The highest BCUT2D eigenvalue weighted by atomic mass is 16.5. The molecule has 7 heteroatoms. The van der Waals surface area contributed by atoms with Gasteiger partial charge in [0, 0.05) is 5.56 Å². The predicted molar refractivity (Wildman–Crippen MR) is 109 cm³/mol. The third-order valence-corrected chi connectivity index (χ3v) is 6.85. The van der Waals surface area contributed by atoms with E-state index in [0.29, 0.717) is 12.0 Å². The van der Waals surface area contributed by atoms with E-state index in [1.54, 1.807) is 6.07 Å². The van der Waals surface area contributed by atoms with Crippen LogP contribution in [0.2, 0.25) is 0 Å². The van der Waals surface area contributed by atoms with Crippen LogP contribution in [0, 0.1) is 5.92 Å². The maximum absolute atomic E-state index is 13.0. The minimum atomic E-state index is -0.986. The largest absolute Gasteiger partial charge is 0.453 e. The molecule has 0 aromatic heterocycles. The number of ketones is 1. The zero-order chi connectivity index (χ0) is 21.5. The van der Waals surface area contributed by atoms with E-state index in [2.05, 4.69) is 5.32 Å². The number of aryl methyl sites for hydroxylation is 2. The number of carbonyl (C=O) groups excluding carboxylic acids is 4. The van der Waals surface area contributed by atoms with Crippen molar-refractivity contribution in [2.24, 2.45) is 5.92 Å². The Morgan fingerprint density at radius 1 is 1.20 bits per heavy atom. The first kappa shape index (κ1) is 20.6. The fourth-order valence-electron chi connectivity index (χ4n) is 5.02. The Kier molecular flexibility index (Phi) is 5.38. The van der Waals surface area contributed by atoms with E-state index in [-0.39, 0.29) is 17.6 Å². The van der Waals surface area contributed by atoms with Crippen LogP contribution in [-0.2, 0) is 27.2 Å². The number of esters is 1. The molecule has 3 amide bonds. The third kappa shape index (κ3) is 3.50. The quantitative estimate of drug-likeness (QED) is 0.456. The fourth-order valence-corrected chi connectivity index (χ4v) is 5.02. The van der Waals surface area contributed by atoms with Crippen LogP contribution < -0.4 is 5.32 Å². The van der Waals surface area contributed by atoms with E-state index in [0.717, 1.165) is 43.4 Å². The number of benzene rings is 1. The molecule has 2 fully saturated rings. The van der Waals surface area contributed by atoms with Crippen molar-refractivity contribution in [2.75, 3.05) is 6.54 Å². The lowest BCUT2D eigenvalue weighted by Crippen LogP contribution is -2.54. The van der Waals surface area contributed by atoms with Gasteiger partial charge in [0.15, 0.2) is 6.10 Å². The van der Waals surface area contributed by atoms with Crippen LogP contribution >= 0.6 is 0 Å². The number of ether oxygens (including phenoxy) is 1. The average molecular weight is 412 g/mol. The molecule has 1 saturated carbocycles. The second kappa shape index (κ2) is 7.85. The lowest BCUT2D eigenvalue weighted by atomic mass is 9.73. The molecule has 3 atom stereocenters. The van der Waals surface area contributed by atoms with E-state index in [1.165, 1.54) is 18.1 Å². The van der Waals surface area contributed by atoms with Crippen molar-refractivity contribution >= 4 is 23.7 Å². The number of carbonyl (C=O) groups is 4. The molecule has 1 saturated heterocycles. The maximum atomic E-state index is 13.0. The number of urea groups is 1. The molecule has 4 rings (SSSR count). The van der Waals surface area contributed by atoms with Gasteiger partial charge in [-0.1, -0.05) is 31.9 Å². The molecule has 30 heavy (non-hydrogen) atoms. The maximum Gasteiger partial charge on any atom is 0.326 e. The molecular formula is C23H28N2O5. The Labute approximate surface area is 176 Å². The Morgan fingerprint density at radius 3 is 2.73 bits per heavy atom. The summed E-state index contributed by atoms with van der Waals surface area (Å²) < 4.78 is 5.28. The van der Waals surface area contributed by atoms with Crippen LogP contribution in [0.4, 0.5) is 4.79 Å². The van der Waals surface area contributed by atoms with Gasteiger partial charge in [0.1, 0.15) is 12.1 Å². The van der Waals surface area contributed by atoms with E-state index < -0.39 is 30.2 Å². The highest BCUT2D eigenvalue weighted by molar-refractivity contribution is 6.09. The first-order valence-corrected chi connectivity index (χ1v) is 10.8. The van der Waals surface area contributed by atoms with Gasteiger partial charge in [0.2, 0.25) is 5.78 Å². The van der Waals surface area contributed by atoms with Crippen LogP contribution in [0.5, 0.6) is 0 Å². The number of fused-ring (bicyclic) bond motifs is 1. The van der Waals surface area contributed by atoms with Gasteiger partial charge in [0.25, 0.3) is 5.91 Å². The minimum absolute atomic E-state index is 0.0176. The molecular weight excluding hydrogens is 384 g/mol. The number of Topliss-reactive ketones (excluding diaryl/α,β-unsaturated/α-hetero) is 1. The van der Waals surface area contributed by atoms with Gasteiger partial charge >= 0.3 is 12.0 Å². The Balaban J connectivity index is 1.39. The molecule has 1 heterocycles. The first-order chi connectivity index (χ1) is 14.3. The van der Waals surface area contributed by atoms with Gasteiger partial charge in [-0.05, 0) is 62.1 Å². The second-order valence-electron chi connectivity index (χ2n) is 8.77. The van der Waals surface area contributed by atoms with Crippen molar-refractivity contribution in [1.82, 2.24) is 10.2 Å². The van der Waals surface area contributed by atoms with Crippen LogP contribution in [0.3, 0.4) is 0 Å². The van der Waals surface area contributed by atoms with E-state index in [9.17, 15) is 19.2 Å². The van der Waals surface area contributed by atoms with Gasteiger partial charge in [0.05, 0.1) is 0 Å². The highest BCUT2D eigenvalue weighted by Crippen LogP contribution is 2.38. The van der Waals surface area contributed by atoms with Crippen LogP contribution in [0.1, 0.15) is 67.4 Å². The molecule has 160 valence electrons. The molecule has 0 radical (unpaired) electrons. The van der Waals surface area contributed by atoms with Gasteiger partial charge < -0.3 is 10.1 Å². The van der Waals surface area contributed by atoms with Gasteiger partial charge in [-0.2, -0.15) is 0 Å². The summed E-state index contributed by atoms with van der Waals surface area (Å²) in [5.74, 6) is -1.40. The van der Waals surface area contributed by atoms with Crippen LogP contribution in [0.15, 0.2) is 18.2 Å². The molecule has 2 aliphatic carbocycles. The Bertz CT molecular complexity index is 911. The number of imide groups is 1. The summed E-state index contributed by atoms with van der Waals surface area (Å²) in [6, 6.07) is 5.04. The molecule has 1 aliphatic heterocycles. The molecule has 1 aromatic carbocycles. The number of hydrogen-bond acceptors (Lipinski definition) is 5. The van der Waals surface area contributed by atoms with Crippen molar-refractivity contribution in [3.05, 3.63) is 34.9 Å². The second-order valence-corrected chi connectivity index (χ2v) is 8.77. The summed E-state index contributed by atoms with van der Waals surface area (Å²) in [6.45, 7) is 2.99. The van der Waals surface area contributed by atoms with Crippen molar-refractivity contribution in [2.45, 2.75) is 70.4 Å². The predicted octanol–water partition coefficient (Wildman–Crippen LogP) is 2.79. The first-order valence-electron chi connectivity index (χ1n) is 10.8. The topological polar surface area (TPSA) is 92.8 Å². The molecule has 1 spiro atoms. The lowest BCUT2D eigenvalue weighted by Gasteiger charge is -2.36. The molecule has 7 nitrogen and oxygen atoms in total. The Morgan fingerprint density at radius 2 is 1.97 bits per heavy atom. The summed E-state index contributed by atoms with van der Waals surface area (Å²) in [5, 5.41) is 2.81.